The molecule has 0 spiro atoms. The van der Waals surface area contributed by atoms with Crippen LogP contribution in [-0.4, -0.2) is 48.6 Å². The molecule has 2 N–H and O–H groups in total. The number of nitrogens with zero attached hydrogens (tertiary/aromatic N) is 2. The predicted molar refractivity (Wildman–Crippen MR) is 110 cm³/mol. The van der Waals surface area contributed by atoms with Gasteiger partial charge in [-0.2, -0.15) is 0 Å². The van der Waals surface area contributed by atoms with Gasteiger partial charge in [-0.15, -0.1) is 0 Å². The van der Waals surface area contributed by atoms with E-state index in [2.05, 4.69) is 34.0 Å². The summed E-state index contributed by atoms with van der Waals surface area (Å²) in [6, 6.07) is 8.68. The normalized spacial score (nSPS) is 23.0. The Bertz CT molecular complexity index is 842. The van der Waals surface area contributed by atoms with Crippen molar-refractivity contribution < 1.29 is 13.9 Å². The Labute approximate surface area is 171 Å². The lowest BCUT2D eigenvalue weighted by atomic mass is 9.80. The lowest BCUT2D eigenvalue weighted by Crippen LogP contribution is -2.46. The van der Waals surface area contributed by atoms with Crippen LogP contribution in [0.4, 0.5) is 0 Å². The summed E-state index contributed by atoms with van der Waals surface area (Å²) in [5, 5.41) is 0. The molecule has 7 nitrogen and oxygen atoms in total. The highest BCUT2D eigenvalue weighted by molar-refractivity contribution is 5.93. The first-order chi connectivity index (χ1) is 14.1. The zero-order valence-electron chi connectivity index (χ0n) is 17.4. The molecule has 0 bridgehead atoms. The van der Waals surface area contributed by atoms with Crippen molar-refractivity contribution >= 4 is 5.91 Å². The number of oxazole rings is 1. The molecule has 1 aromatic heterocycles. The van der Waals surface area contributed by atoms with E-state index >= 15 is 0 Å². The Balaban J connectivity index is 1.41. The van der Waals surface area contributed by atoms with Crippen LogP contribution in [0.15, 0.2) is 35.1 Å². The van der Waals surface area contributed by atoms with Gasteiger partial charge in [0.2, 0.25) is 0 Å². The third kappa shape index (κ3) is 4.02. The first-order valence-corrected chi connectivity index (χ1v) is 10.4. The standard InChI is InChI=1S/C22H30N4O3/c1-14(2)21-20(23-13-29-21)22(27)26-9-7-15(8-10-26)19-18(12-24-25-19)16-5-4-6-17(11-16)28-3/h4-6,11,13-15,18-19,24-25H,7-10,12H2,1-3H3. The molecule has 0 aliphatic carbocycles. The van der Waals surface area contributed by atoms with Gasteiger partial charge in [0.1, 0.15) is 11.5 Å². The van der Waals surface area contributed by atoms with Crippen LogP contribution in [0.5, 0.6) is 5.75 Å². The summed E-state index contributed by atoms with van der Waals surface area (Å²) in [4.78, 5) is 19.0. The lowest BCUT2D eigenvalue weighted by Gasteiger charge is -2.36. The molecule has 2 aliphatic rings. The maximum Gasteiger partial charge on any atom is 0.276 e. The molecule has 2 unspecified atom stereocenters. The van der Waals surface area contributed by atoms with Gasteiger partial charge in [0, 0.05) is 37.5 Å². The van der Waals surface area contributed by atoms with E-state index < -0.39 is 0 Å². The minimum atomic E-state index is -0.0113. The number of hydrogen-bond acceptors (Lipinski definition) is 6. The summed E-state index contributed by atoms with van der Waals surface area (Å²) >= 11 is 0. The van der Waals surface area contributed by atoms with Crippen LogP contribution in [-0.2, 0) is 0 Å². The number of hydrazine groups is 1. The maximum atomic E-state index is 12.9. The van der Waals surface area contributed by atoms with E-state index in [0.717, 1.165) is 38.2 Å². The van der Waals surface area contributed by atoms with E-state index in [4.69, 9.17) is 9.15 Å². The monoisotopic (exact) mass is 398 g/mol. The summed E-state index contributed by atoms with van der Waals surface area (Å²) in [7, 11) is 1.70. The van der Waals surface area contributed by atoms with Crippen molar-refractivity contribution in [1.29, 1.82) is 0 Å². The number of benzene rings is 1. The molecular formula is C22H30N4O3. The number of methoxy groups -OCH3 is 1. The molecular weight excluding hydrogens is 368 g/mol. The number of rotatable bonds is 5. The zero-order valence-corrected chi connectivity index (χ0v) is 17.4. The van der Waals surface area contributed by atoms with Gasteiger partial charge in [-0.05, 0) is 36.5 Å². The number of hydrogen-bond donors (Lipinski definition) is 2. The van der Waals surface area contributed by atoms with Crippen molar-refractivity contribution in [3.8, 4) is 5.75 Å². The second-order valence-corrected chi connectivity index (χ2v) is 8.28. The fourth-order valence-corrected chi connectivity index (χ4v) is 4.59. The quantitative estimate of drug-likeness (QED) is 0.806. The largest absolute Gasteiger partial charge is 0.497 e. The molecule has 7 heteroatoms. The zero-order chi connectivity index (χ0) is 20.4. The molecule has 2 fully saturated rings. The summed E-state index contributed by atoms with van der Waals surface area (Å²) in [5.74, 6) is 2.60. The first kappa shape index (κ1) is 19.9. The molecule has 2 saturated heterocycles. The number of piperidine rings is 1. The summed E-state index contributed by atoms with van der Waals surface area (Å²) in [6.07, 6.45) is 3.32. The Morgan fingerprint density at radius 3 is 2.83 bits per heavy atom. The van der Waals surface area contributed by atoms with Crippen LogP contribution >= 0.6 is 0 Å². The number of aromatic nitrogens is 1. The maximum absolute atomic E-state index is 12.9. The highest BCUT2D eigenvalue weighted by Crippen LogP contribution is 2.34. The van der Waals surface area contributed by atoms with Crippen molar-refractivity contribution in [2.24, 2.45) is 5.92 Å². The average molecular weight is 399 g/mol. The van der Waals surface area contributed by atoms with Gasteiger partial charge in [-0.1, -0.05) is 26.0 Å². The van der Waals surface area contributed by atoms with Gasteiger partial charge >= 0.3 is 0 Å². The first-order valence-electron chi connectivity index (χ1n) is 10.4. The molecule has 0 radical (unpaired) electrons. The minimum Gasteiger partial charge on any atom is -0.497 e. The number of likely N-dealkylation sites (tertiary alicyclic amines) is 1. The van der Waals surface area contributed by atoms with Crippen LogP contribution in [0.3, 0.4) is 0 Å². The van der Waals surface area contributed by atoms with Gasteiger partial charge in [-0.3, -0.25) is 15.6 Å². The van der Waals surface area contributed by atoms with Crippen LogP contribution in [0.1, 0.15) is 60.3 Å². The van der Waals surface area contributed by atoms with Crippen LogP contribution in [0.2, 0.25) is 0 Å². The fraction of sp³-hybridized carbons (Fsp3) is 0.545. The van der Waals surface area contributed by atoms with Crippen molar-refractivity contribution in [3.63, 3.8) is 0 Å². The van der Waals surface area contributed by atoms with Gasteiger partial charge in [0.25, 0.3) is 5.91 Å². The summed E-state index contributed by atoms with van der Waals surface area (Å²) in [6.45, 7) is 6.42. The van der Waals surface area contributed by atoms with E-state index in [1.807, 2.05) is 24.8 Å². The minimum absolute atomic E-state index is 0.0113. The molecule has 29 heavy (non-hydrogen) atoms. The van der Waals surface area contributed by atoms with E-state index in [-0.39, 0.29) is 11.8 Å². The Hall–Kier alpha value is -2.38. The molecule has 2 aromatic rings. The summed E-state index contributed by atoms with van der Waals surface area (Å²) < 4.78 is 10.8. The van der Waals surface area contributed by atoms with Crippen molar-refractivity contribution in [2.75, 3.05) is 26.7 Å². The Morgan fingerprint density at radius 1 is 1.31 bits per heavy atom. The molecule has 156 valence electrons. The number of carbonyl (C=O) groups excluding carboxylic acids is 1. The Morgan fingerprint density at radius 2 is 2.10 bits per heavy atom. The van der Waals surface area contributed by atoms with E-state index in [1.54, 1.807) is 7.11 Å². The van der Waals surface area contributed by atoms with Crippen molar-refractivity contribution in [2.45, 2.75) is 44.6 Å². The van der Waals surface area contributed by atoms with E-state index in [9.17, 15) is 4.79 Å². The number of carbonyl (C=O) groups is 1. The predicted octanol–water partition coefficient (Wildman–Crippen LogP) is 2.92. The molecule has 4 rings (SSSR count). The van der Waals surface area contributed by atoms with Crippen molar-refractivity contribution in [1.82, 2.24) is 20.7 Å². The average Bonchev–Trinajstić information content (AvgIpc) is 3.43. The number of ether oxygens (including phenoxy) is 1. The topological polar surface area (TPSA) is 79.6 Å². The van der Waals surface area contributed by atoms with Gasteiger partial charge in [-0.25, -0.2) is 4.98 Å². The third-order valence-electron chi connectivity index (χ3n) is 6.20. The van der Waals surface area contributed by atoms with Crippen molar-refractivity contribution in [3.05, 3.63) is 47.7 Å². The second-order valence-electron chi connectivity index (χ2n) is 8.28. The third-order valence-corrected chi connectivity index (χ3v) is 6.20. The van der Waals surface area contributed by atoms with Gasteiger partial charge in [0.15, 0.2) is 12.1 Å². The molecule has 3 heterocycles. The van der Waals surface area contributed by atoms with E-state index in [0.29, 0.717) is 29.3 Å². The molecule has 1 aromatic carbocycles. The smallest absolute Gasteiger partial charge is 0.276 e. The fourth-order valence-electron chi connectivity index (χ4n) is 4.59. The van der Waals surface area contributed by atoms with Gasteiger partial charge in [0.05, 0.1) is 7.11 Å². The lowest BCUT2D eigenvalue weighted by molar-refractivity contribution is 0.0662. The highest BCUT2D eigenvalue weighted by Gasteiger charge is 2.37. The van der Waals surface area contributed by atoms with Crippen LogP contribution < -0.4 is 15.6 Å². The Kier molecular flexibility index (Phi) is 5.87. The number of amides is 1. The van der Waals surface area contributed by atoms with Gasteiger partial charge < -0.3 is 14.1 Å². The van der Waals surface area contributed by atoms with E-state index in [1.165, 1.54) is 12.0 Å². The van der Waals surface area contributed by atoms with Crippen LogP contribution in [0, 0.1) is 5.92 Å². The summed E-state index contributed by atoms with van der Waals surface area (Å²) in [5.41, 5.74) is 8.58. The molecule has 0 saturated carbocycles. The molecule has 2 atom stereocenters. The molecule has 1 amide bonds. The second kappa shape index (κ2) is 8.55. The highest BCUT2D eigenvalue weighted by atomic mass is 16.5. The molecule has 2 aliphatic heterocycles. The number of nitrogens with one attached hydrogen (secondary N) is 2. The van der Waals surface area contributed by atoms with Crippen LogP contribution in [0.25, 0.3) is 0 Å². The SMILES string of the molecule is COc1cccc(C2CNNC2C2CCN(C(=O)c3ncoc3C(C)C)CC2)c1.